The van der Waals surface area contributed by atoms with Crippen molar-refractivity contribution in [1.82, 2.24) is 10.2 Å². The third-order valence-electron chi connectivity index (χ3n) is 4.18. The number of aromatic amines is 1. The number of hydrogen-bond donors (Lipinski definition) is 1. The van der Waals surface area contributed by atoms with Gasteiger partial charge in [-0.25, -0.2) is 4.79 Å². The Morgan fingerprint density at radius 2 is 2.04 bits per heavy atom. The Kier molecular flexibility index (Phi) is 3.83. The third-order valence-corrected chi connectivity index (χ3v) is 4.18. The van der Waals surface area contributed by atoms with E-state index in [-0.39, 0.29) is 6.09 Å². The van der Waals surface area contributed by atoms with Gasteiger partial charge in [-0.05, 0) is 45.0 Å². The summed E-state index contributed by atoms with van der Waals surface area (Å²) in [5.41, 5.74) is 2.89. The zero-order valence-electron chi connectivity index (χ0n) is 15.1. The highest BCUT2D eigenvalue weighted by atomic mass is 16.6. The van der Waals surface area contributed by atoms with Crippen molar-refractivity contribution in [2.45, 2.75) is 26.4 Å². The maximum atomic E-state index is 12.6. The number of fused-ring (bicyclic) bond motifs is 2. The molecule has 0 radical (unpaired) electrons. The summed E-state index contributed by atoms with van der Waals surface area (Å²) in [6.45, 7) is 6.47. The highest BCUT2D eigenvalue weighted by Gasteiger charge is 2.28. The molecule has 4 rings (SSSR count). The molecular formula is C20H21N3O3. The van der Waals surface area contributed by atoms with Crippen molar-refractivity contribution in [2.75, 3.05) is 18.1 Å². The Balaban J connectivity index is 1.75. The van der Waals surface area contributed by atoms with Gasteiger partial charge in [-0.1, -0.05) is 18.2 Å². The number of anilines is 1. The molecule has 0 unspecified atom stereocenters. The lowest BCUT2D eigenvalue weighted by Crippen LogP contribution is -2.41. The van der Waals surface area contributed by atoms with Crippen LogP contribution in [0.25, 0.3) is 22.2 Å². The van der Waals surface area contributed by atoms with Gasteiger partial charge >= 0.3 is 6.09 Å². The number of carbonyl (C=O) groups excluding carboxylic acids is 1. The SMILES string of the molecule is CC(C)(C)OC(=O)N1CCOc2ccc(-c3n[nH]c4ccccc34)cc21. The minimum atomic E-state index is -0.550. The zero-order valence-corrected chi connectivity index (χ0v) is 15.1. The number of H-pyrrole nitrogens is 1. The molecule has 1 N–H and O–H groups in total. The van der Waals surface area contributed by atoms with Gasteiger partial charge in [0.15, 0.2) is 0 Å². The second-order valence-corrected chi connectivity index (χ2v) is 7.28. The maximum absolute atomic E-state index is 12.6. The number of para-hydroxylation sites is 1. The summed E-state index contributed by atoms with van der Waals surface area (Å²) in [6, 6.07) is 13.7. The van der Waals surface area contributed by atoms with Gasteiger partial charge in [0.1, 0.15) is 18.0 Å². The highest BCUT2D eigenvalue weighted by Crippen LogP contribution is 2.37. The summed E-state index contributed by atoms with van der Waals surface area (Å²) in [6.07, 6.45) is -0.369. The van der Waals surface area contributed by atoms with E-state index in [2.05, 4.69) is 10.2 Å². The van der Waals surface area contributed by atoms with Crippen LogP contribution in [-0.4, -0.2) is 35.0 Å². The fraction of sp³-hybridized carbons (Fsp3) is 0.300. The number of nitrogens with zero attached hydrogens (tertiary/aromatic N) is 2. The smallest absolute Gasteiger partial charge is 0.415 e. The first-order valence-corrected chi connectivity index (χ1v) is 8.63. The standard InChI is InChI=1S/C20H21N3O3/c1-20(2,3)26-19(24)23-10-11-25-17-9-8-13(12-16(17)23)18-14-6-4-5-7-15(14)21-22-18/h4-9,12H,10-11H2,1-3H3,(H,21,22). The van der Waals surface area contributed by atoms with E-state index in [1.165, 1.54) is 0 Å². The van der Waals surface area contributed by atoms with Crippen molar-refractivity contribution in [3.63, 3.8) is 0 Å². The molecule has 1 aromatic heterocycles. The molecule has 0 spiro atoms. The van der Waals surface area contributed by atoms with E-state index < -0.39 is 5.60 Å². The summed E-state index contributed by atoms with van der Waals surface area (Å²) < 4.78 is 11.3. The van der Waals surface area contributed by atoms with Crippen molar-refractivity contribution >= 4 is 22.7 Å². The number of amides is 1. The highest BCUT2D eigenvalue weighted by molar-refractivity contribution is 5.96. The molecule has 26 heavy (non-hydrogen) atoms. The second-order valence-electron chi connectivity index (χ2n) is 7.28. The van der Waals surface area contributed by atoms with Crippen LogP contribution in [0.2, 0.25) is 0 Å². The van der Waals surface area contributed by atoms with Gasteiger partial charge in [-0.15, -0.1) is 0 Å². The average molecular weight is 351 g/mol. The average Bonchev–Trinajstić information content (AvgIpc) is 3.03. The van der Waals surface area contributed by atoms with Gasteiger partial charge in [0.25, 0.3) is 0 Å². The van der Waals surface area contributed by atoms with E-state index in [4.69, 9.17) is 9.47 Å². The first-order chi connectivity index (χ1) is 12.4. The van der Waals surface area contributed by atoms with Gasteiger partial charge in [0.2, 0.25) is 0 Å². The Morgan fingerprint density at radius 1 is 1.23 bits per heavy atom. The van der Waals surface area contributed by atoms with Gasteiger partial charge in [-0.3, -0.25) is 10.00 Å². The number of hydrogen-bond acceptors (Lipinski definition) is 4. The Hall–Kier alpha value is -3.02. The number of aromatic nitrogens is 2. The van der Waals surface area contributed by atoms with E-state index in [0.717, 1.165) is 22.2 Å². The molecular weight excluding hydrogens is 330 g/mol. The van der Waals surface area contributed by atoms with Gasteiger partial charge < -0.3 is 9.47 Å². The number of nitrogens with one attached hydrogen (secondary N) is 1. The predicted octanol–water partition coefficient (Wildman–Crippen LogP) is 4.36. The Bertz CT molecular complexity index is 972. The molecule has 0 saturated carbocycles. The van der Waals surface area contributed by atoms with Crippen LogP contribution in [0.1, 0.15) is 20.8 Å². The number of ether oxygens (including phenoxy) is 2. The van der Waals surface area contributed by atoms with Crippen molar-refractivity contribution in [1.29, 1.82) is 0 Å². The normalized spacial score (nSPS) is 14.0. The maximum Gasteiger partial charge on any atom is 0.415 e. The summed E-state index contributed by atoms with van der Waals surface area (Å²) >= 11 is 0. The van der Waals surface area contributed by atoms with Gasteiger partial charge in [0.05, 0.1) is 23.4 Å². The summed E-state index contributed by atoms with van der Waals surface area (Å²) in [5, 5.41) is 8.52. The van der Waals surface area contributed by atoms with Crippen molar-refractivity contribution in [3.8, 4) is 17.0 Å². The molecule has 6 nitrogen and oxygen atoms in total. The topological polar surface area (TPSA) is 67.4 Å². The monoisotopic (exact) mass is 351 g/mol. The van der Waals surface area contributed by atoms with Crippen LogP contribution >= 0.6 is 0 Å². The Labute approximate surface area is 151 Å². The van der Waals surface area contributed by atoms with E-state index in [0.29, 0.717) is 24.6 Å². The van der Waals surface area contributed by atoms with Crippen LogP contribution in [0.15, 0.2) is 42.5 Å². The quantitative estimate of drug-likeness (QED) is 0.707. The zero-order chi connectivity index (χ0) is 18.3. The minimum absolute atomic E-state index is 0.369. The van der Waals surface area contributed by atoms with Crippen LogP contribution < -0.4 is 9.64 Å². The van der Waals surface area contributed by atoms with Crippen molar-refractivity contribution < 1.29 is 14.3 Å². The van der Waals surface area contributed by atoms with Gasteiger partial charge in [0, 0.05) is 10.9 Å². The fourth-order valence-electron chi connectivity index (χ4n) is 3.06. The van der Waals surface area contributed by atoms with Crippen LogP contribution in [0.3, 0.4) is 0 Å². The molecule has 1 amide bonds. The third kappa shape index (κ3) is 2.98. The lowest BCUT2D eigenvalue weighted by Gasteiger charge is -2.31. The number of carbonyl (C=O) groups is 1. The molecule has 0 fully saturated rings. The number of rotatable bonds is 1. The summed E-state index contributed by atoms with van der Waals surface area (Å²) in [7, 11) is 0. The largest absolute Gasteiger partial charge is 0.490 e. The van der Waals surface area contributed by atoms with Crippen LogP contribution in [0, 0.1) is 0 Å². The molecule has 1 aliphatic rings. The molecule has 0 atom stereocenters. The Morgan fingerprint density at radius 3 is 2.85 bits per heavy atom. The van der Waals surface area contributed by atoms with E-state index in [1.54, 1.807) is 4.90 Å². The lowest BCUT2D eigenvalue weighted by molar-refractivity contribution is 0.0568. The van der Waals surface area contributed by atoms with Crippen molar-refractivity contribution in [3.05, 3.63) is 42.5 Å². The molecule has 0 bridgehead atoms. The molecule has 0 aliphatic carbocycles. The molecule has 134 valence electrons. The first-order valence-electron chi connectivity index (χ1n) is 8.63. The molecule has 6 heteroatoms. The van der Waals surface area contributed by atoms with Crippen molar-refractivity contribution in [2.24, 2.45) is 0 Å². The molecule has 0 saturated heterocycles. The second kappa shape index (κ2) is 6.05. The first kappa shape index (κ1) is 16.4. The van der Waals surface area contributed by atoms with E-state index >= 15 is 0 Å². The molecule has 2 aromatic carbocycles. The predicted molar refractivity (Wildman–Crippen MR) is 101 cm³/mol. The van der Waals surface area contributed by atoms with Crippen LogP contribution in [0.4, 0.5) is 10.5 Å². The van der Waals surface area contributed by atoms with Crippen LogP contribution in [-0.2, 0) is 4.74 Å². The van der Waals surface area contributed by atoms with Gasteiger partial charge in [-0.2, -0.15) is 5.10 Å². The van der Waals surface area contributed by atoms with E-state index in [9.17, 15) is 4.79 Å². The summed E-state index contributed by atoms with van der Waals surface area (Å²) in [5.74, 6) is 0.672. The minimum Gasteiger partial charge on any atom is -0.490 e. The molecule has 1 aliphatic heterocycles. The lowest BCUT2D eigenvalue weighted by atomic mass is 10.1. The fourth-order valence-corrected chi connectivity index (χ4v) is 3.06. The number of benzene rings is 2. The molecule has 2 heterocycles. The van der Waals surface area contributed by atoms with E-state index in [1.807, 2.05) is 63.2 Å². The molecule has 3 aromatic rings. The van der Waals surface area contributed by atoms with Crippen LogP contribution in [0.5, 0.6) is 5.75 Å². The summed E-state index contributed by atoms with van der Waals surface area (Å²) in [4.78, 5) is 14.2.